The number of aromatic nitrogens is 4. The third-order valence-electron chi connectivity index (χ3n) is 5.40. The molecule has 44 heavy (non-hydrogen) atoms. The molecule has 1 unspecified atom stereocenters. The Balaban J connectivity index is 0.000000345. The predicted molar refractivity (Wildman–Crippen MR) is 133 cm³/mol. The Kier molecular flexibility index (Phi) is 12.3. The number of phosphoric acid groups is 2. The minimum atomic E-state index is -5.35. The minimum Gasteiger partial charge on any atom is -0.479 e. The number of aliphatic hydroxyl groups is 6. The van der Waals surface area contributed by atoms with Crippen LogP contribution in [0.1, 0.15) is 6.23 Å². The Morgan fingerprint density at radius 1 is 0.955 bits per heavy atom. The molecule has 0 amide bonds. The summed E-state index contributed by atoms with van der Waals surface area (Å²) in [5.41, 5.74) is 4.01. The molecule has 25 nitrogen and oxygen atoms in total. The molecule has 0 saturated carbocycles. The molecule has 3 heterocycles. The van der Waals surface area contributed by atoms with E-state index in [1.165, 1.54) is 10.9 Å². The molecule has 2 aromatic rings. The number of nitrogens with zero attached hydrogens (tertiary/aromatic N) is 4. The van der Waals surface area contributed by atoms with Crippen molar-refractivity contribution in [2.75, 3.05) is 12.3 Å². The quantitative estimate of drug-likeness (QED) is 0.0917. The largest absolute Gasteiger partial charge is 0.481 e. The number of aliphatic carboxylic acids is 1. The average molecular weight is 701 g/mol. The van der Waals surface area contributed by atoms with Gasteiger partial charge in [-0.05, 0) is 0 Å². The highest BCUT2D eigenvalue weighted by Crippen LogP contribution is 2.57. The number of fused-ring (bicyclic) bond motifs is 1. The molecule has 0 spiro atoms. The van der Waals surface area contributed by atoms with E-state index < -0.39 is 90.3 Å². The van der Waals surface area contributed by atoms with E-state index in [0.29, 0.717) is 0 Å². The molecule has 1 saturated heterocycles. The second kappa shape index (κ2) is 14.4. The molecule has 250 valence electrons. The molecule has 0 aromatic carbocycles. The van der Waals surface area contributed by atoms with E-state index in [1.54, 1.807) is 0 Å². The third-order valence-corrected chi connectivity index (χ3v) is 8.39. The van der Waals surface area contributed by atoms with Crippen LogP contribution in [0.3, 0.4) is 0 Å². The first-order valence-electron chi connectivity index (χ1n) is 11.2. The van der Waals surface area contributed by atoms with Crippen molar-refractivity contribution >= 4 is 51.7 Å². The zero-order valence-corrected chi connectivity index (χ0v) is 24.0. The summed E-state index contributed by atoms with van der Waals surface area (Å²) in [6.07, 6.45) is -13.5. The van der Waals surface area contributed by atoms with Crippen molar-refractivity contribution in [2.45, 2.75) is 49.0 Å². The Bertz CT molecular complexity index is 1480. The molecule has 14 N–H and O–H groups in total. The van der Waals surface area contributed by atoms with E-state index in [1.807, 2.05) is 0 Å². The molecule has 28 heteroatoms. The lowest BCUT2D eigenvalue weighted by Gasteiger charge is -2.23. The molecule has 1 aliphatic rings. The Morgan fingerprint density at radius 2 is 1.52 bits per heavy atom. The van der Waals surface area contributed by atoms with Crippen LogP contribution in [0.25, 0.3) is 11.2 Å². The smallest absolute Gasteiger partial charge is 0.479 e. The number of phosphoric ester groups is 1. The topological polar surface area (TPSA) is 425 Å². The lowest BCUT2D eigenvalue weighted by atomic mass is 10.0. The zero-order chi connectivity index (χ0) is 33.9. The summed E-state index contributed by atoms with van der Waals surface area (Å²) in [6, 6.07) is 0. The fourth-order valence-electron chi connectivity index (χ4n) is 3.32. The van der Waals surface area contributed by atoms with Crippen molar-refractivity contribution in [1.82, 2.24) is 19.5 Å². The summed E-state index contributed by atoms with van der Waals surface area (Å²) in [4.78, 5) is 75.8. The van der Waals surface area contributed by atoms with Gasteiger partial charge in [0.25, 0.3) is 5.52 Å². The van der Waals surface area contributed by atoms with Crippen LogP contribution in [-0.4, -0.2) is 141 Å². The summed E-state index contributed by atoms with van der Waals surface area (Å²) < 4.78 is 47.2. The summed E-state index contributed by atoms with van der Waals surface area (Å²) in [7, 11) is -15.8. The van der Waals surface area contributed by atoms with Gasteiger partial charge in [0.15, 0.2) is 29.9 Å². The van der Waals surface area contributed by atoms with Gasteiger partial charge in [-0.1, -0.05) is 0 Å². The van der Waals surface area contributed by atoms with Gasteiger partial charge in [-0.3, -0.25) is 18.5 Å². The summed E-state index contributed by atoms with van der Waals surface area (Å²) in [5, 5.41) is 64.3. The number of hydrogen-bond donors (Lipinski definition) is 13. The van der Waals surface area contributed by atoms with Crippen LogP contribution in [0.15, 0.2) is 12.7 Å². The molecule has 2 aromatic heterocycles. The van der Waals surface area contributed by atoms with Crippen molar-refractivity contribution in [3.63, 3.8) is 0 Å². The number of nitrogens with two attached hydrogens (primary N) is 1. The second-order valence-electron chi connectivity index (χ2n) is 8.56. The summed E-state index contributed by atoms with van der Waals surface area (Å²) >= 11 is 0. The highest BCUT2D eigenvalue weighted by atomic mass is 31.3. The van der Waals surface area contributed by atoms with E-state index in [0.717, 1.165) is 6.33 Å². The Morgan fingerprint density at radius 3 is 2.05 bits per heavy atom. The molecule has 0 radical (unpaired) electrons. The van der Waals surface area contributed by atoms with E-state index >= 15 is 0 Å². The van der Waals surface area contributed by atoms with Crippen LogP contribution in [0, 0.1) is 0 Å². The van der Waals surface area contributed by atoms with Gasteiger partial charge in [-0.25, -0.2) is 28.9 Å². The van der Waals surface area contributed by atoms with Gasteiger partial charge < -0.3 is 70.7 Å². The SMILES string of the molecule is Nc1ncnc2c1ncn2[C@@H]1O[C@H](COP(=O)(O)OP(=O)(O)O)[C@@H](O)[C@H]1O.O=C(O)[C@@H](O)[C@@H](O)[C@H](O)[C@@H](O)C(=O)P(=O)(O)O. The fourth-order valence-corrected chi connectivity index (χ4v) is 5.41. The number of carboxylic acid groups (broad SMARTS) is 1. The van der Waals surface area contributed by atoms with Crippen molar-refractivity contribution < 1.29 is 97.1 Å². The maximum Gasteiger partial charge on any atom is 0.481 e. The number of anilines is 1. The normalized spacial score (nSPS) is 24.9. The number of rotatable bonds is 12. The number of aliphatic hydroxyl groups excluding tert-OH is 6. The molecule has 0 bridgehead atoms. The molecular weight excluding hydrogens is 675 g/mol. The first kappa shape index (κ1) is 37.8. The Hall–Kier alpha value is -2.38. The standard InChI is InChI=1S/C10H15N5O10P2.C6H11O10P/c11-8-5-9(13-2-12-8)15(3-14-5)10-7(17)6(16)4(24-10)1-23-27(21,22)25-26(18,19)20;7-1(3(9)5(11)12)2(8)4(10)6(13)17(14,15)16/h2-4,6-7,10,16-17H,1H2,(H,21,22)(H2,11,12,13)(H2,18,19,20);1-4,7-10H,(H,11,12)(H2,14,15,16)/t4-,6-,7-,10-;1-,2-,3-,4+/m10/s1. The van der Waals surface area contributed by atoms with Gasteiger partial charge in [0.05, 0.1) is 12.9 Å². The lowest BCUT2D eigenvalue weighted by Crippen LogP contribution is -2.49. The average Bonchev–Trinajstić information content (AvgIpc) is 3.45. The van der Waals surface area contributed by atoms with Crippen molar-refractivity contribution in [3.8, 4) is 0 Å². The van der Waals surface area contributed by atoms with Crippen molar-refractivity contribution in [2.24, 2.45) is 0 Å². The maximum absolute atomic E-state index is 11.5. The van der Waals surface area contributed by atoms with Crippen LogP contribution in [0.5, 0.6) is 0 Å². The van der Waals surface area contributed by atoms with Crippen LogP contribution in [-0.2, 0) is 36.9 Å². The van der Waals surface area contributed by atoms with Gasteiger partial charge >= 0.3 is 29.2 Å². The van der Waals surface area contributed by atoms with Gasteiger partial charge in [0.1, 0.15) is 42.4 Å². The molecule has 3 rings (SSSR count). The number of carboxylic acids is 1. The van der Waals surface area contributed by atoms with Gasteiger partial charge in [0.2, 0.25) is 0 Å². The second-order valence-corrected chi connectivity index (χ2v) is 12.9. The van der Waals surface area contributed by atoms with Crippen molar-refractivity contribution in [3.05, 3.63) is 12.7 Å². The van der Waals surface area contributed by atoms with Crippen LogP contribution < -0.4 is 5.73 Å². The van der Waals surface area contributed by atoms with Gasteiger partial charge in [-0.2, -0.15) is 4.31 Å². The van der Waals surface area contributed by atoms with Crippen LogP contribution >= 0.6 is 23.2 Å². The number of ether oxygens (including phenoxy) is 1. The maximum atomic E-state index is 11.5. The highest BCUT2D eigenvalue weighted by molar-refractivity contribution is 7.70. The van der Waals surface area contributed by atoms with E-state index in [2.05, 4.69) is 23.8 Å². The number of imidazole rings is 1. The summed E-state index contributed by atoms with van der Waals surface area (Å²) in [5.74, 6) is -1.87. The van der Waals surface area contributed by atoms with Gasteiger partial charge in [0, 0.05) is 0 Å². The molecule has 1 aliphatic heterocycles. The summed E-state index contributed by atoms with van der Waals surface area (Å²) in [6.45, 7) is -0.813. The predicted octanol–water partition coefficient (Wildman–Crippen LogP) is -5.53. The number of carbonyl (C=O) groups is 2. The zero-order valence-electron chi connectivity index (χ0n) is 21.3. The third kappa shape index (κ3) is 9.56. The first-order valence-corrected chi connectivity index (χ1v) is 15.9. The minimum absolute atomic E-state index is 0.0856. The van der Waals surface area contributed by atoms with Crippen LogP contribution in [0.4, 0.5) is 5.82 Å². The lowest BCUT2D eigenvalue weighted by molar-refractivity contribution is -0.164. The number of hydrogen-bond acceptors (Lipinski definition) is 18. The Labute approximate surface area is 242 Å². The van der Waals surface area contributed by atoms with Gasteiger partial charge in [-0.15, -0.1) is 0 Å². The number of nitrogen functional groups attached to an aromatic ring is 1. The number of carbonyl (C=O) groups excluding carboxylic acids is 1. The van der Waals surface area contributed by atoms with Crippen molar-refractivity contribution in [1.29, 1.82) is 0 Å². The fraction of sp³-hybridized carbons (Fsp3) is 0.562. The monoisotopic (exact) mass is 701 g/mol. The van der Waals surface area contributed by atoms with E-state index in [4.69, 9.17) is 55.6 Å². The molecule has 0 aliphatic carbocycles. The first-order chi connectivity index (χ1) is 20.0. The highest BCUT2D eigenvalue weighted by Gasteiger charge is 2.46. The van der Waals surface area contributed by atoms with E-state index in [-0.39, 0.29) is 17.0 Å². The molecule has 1 fully saturated rings. The molecule has 9 atom stereocenters. The van der Waals surface area contributed by atoms with Crippen LogP contribution in [0.2, 0.25) is 0 Å². The van der Waals surface area contributed by atoms with E-state index in [9.17, 15) is 38.4 Å². The molecular formula is C16H26N5O20P3.